The van der Waals surface area contributed by atoms with Crippen molar-refractivity contribution in [1.29, 1.82) is 0 Å². The molecule has 21 heavy (non-hydrogen) atoms. The van der Waals surface area contributed by atoms with Gasteiger partial charge in [0.1, 0.15) is 0 Å². The molecule has 1 N–H and O–H groups in total. The summed E-state index contributed by atoms with van der Waals surface area (Å²) < 4.78 is 0. The van der Waals surface area contributed by atoms with Gasteiger partial charge in [-0.15, -0.1) is 0 Å². The number of hydrogen-bond donors (Lipinski definition) is 1. The number of rotatable bonds is 6. The maximum atomic E-state index is 3.89. The van der Waals surface area contributed by atoms with Crippen LogP contribution in [0.2, 0.25) is 0 Å². The molecule has 1 aliphatic heterocycles. The number of nitrogens with one attached hydrogen (secondary N) is 1. The van der Waals surface area contributed by atoms with Crippen molar-refractivity contribution < 1.29 is 0 Å². The summed E-state index contributed by atoms with van der Waals surface area (Å²) in [5.41, 5.74) is 0. The smallest absolute Gasteiger partial charge is 0.0223 e. The van der Waals surface area contributed by atoms with E-state index in [2.05, 4.69) is 17.1 Å². The van der Waals surface area contributed by atoms with E-state index in [0.717, 1.165) is 23.8 Å². The zero-order valence-electron chi connectivity index (χ0n) is 14.2. The molecule has 3 aliphatic rings. The Labute approximate surface area is 132 Å². The Morgan fingerprint density at radius 3 is 2.43 bits per heavy atom. The topological polar surface area (TPSA) is 15.3 Å². The van der Waals surface area contributed by atoms with Gasteiger partial charge in [-0.2, -0.15) is 0 Å². The second-order valence-electron chi connectivity index (χ2n) is 7.96. The molecule has 3 atom stereocenters. The molecule has 1 saturated heterocycles. The van der Waals surface area contributed by atoms with E-state index in [9.17, 15) is 0 Å². The summed E-state index contributed by atoms with van der Waals surface area (Å²) >= 11 is 0. The van der Waals surface area contributed by atoms with Crippen LogP contribution < -0.4 is 5.32 Å². The summed E-state index contributed by atoms with van der Waals surface area (Å²) in [4.78, 5) is 2.82. The average Bonchev–Trinajstić information content (AvgIpc) is 3.05. The van der Waals surface area contributed by atoms with Crippen molar-refractivity contribution >= 4 is 0 Å². The standard InChI is InChI=1S/C19H36N2/c1-2-12-20-19(17-8-4-5-9-17)15-21-13-11-16-7-3-6-10-18(16)14-21/h16-20H,2-15H2,1H3. The Bertz CT molecular complexity index is 298. The van der Waals surface area contributed by atoms with Crippen LogP contribution in [0.1, 0.15) is 71.1 Å². The summed E-state index contributed by atoms with van der Waals surface area (Å²) in [6.07, 6.45) is 14.7. The molecule has 2 nitrogen and oxygen atoms in total. The van der Waals surface area contributed by atoms with Gasteiger partial charge in [0.05, 0.1) is 0 Å². The van der Waals surface area contributed by atoms with Gasteiger partial charge in [-0.3, -0.25) is 0 Å². The van der Waals surface area contributed by atoms with Gasteiger partial charge >= 0.3 is 0 Å². The van der Waals surface area contributed by atoms with Crippen molar-refractivity contribution in [2.45, 2.75) is 77.2 Å². The summed E-state index contributed by atoms with van der Waals surface area (Å²) in [6, 6.07) is 0.771. The molecule has 0 amide bonds. The van der Waals surface area contributed by atoms with E-state index < -0.39 is 0 Å². The maximum absolute atomic E-state index is 3.89. The molecule has 0 spiro atoms. The molecule has 2 heteroatoms. The first kappa shape index (κ1) is 15.8. The predicted octanol–water partition coefficient (Wildman–Crippen LogP) is 4.06. The van der Waals surface area contributed by atoms with E-state index in [-0.39, 0.29) is 0 Å². The lowest BCUT2D eigenvalue weighted by Crippen LogP contribution is -2.50. The Hall–Kier alpha value is -0.0800. The summed E-state index contributed by atoms with van der Waals surface area (Å²) in [7, 11) is 0. The number of nitrogens with zero attached hydrogens (tertiary/aromatic N) is 1. The van der Waals surface area contributed by atoms with Crippen LogP contribution in [0.3, 0.4) is 0 Å². The summed E-state index contributed by atoms with van der Waals surface area (Å²) in [5, 5.41) is 3.89. The van der Waals surface area contributed by atoms with E-state index in [1.807, 2.05) is 0 Å². The van der Waals surface area contributed by atoms with Gasteiger partial charge in [0, 0.05) is 19.1 Å². The highest BCUT2D eigenvalue weighted by atomic mass is 15.2. The second kappa shape index (κ2) is 7.97. The Morgan fingerprint density at radius 1 is 0.952 bits per heavy atom. The molecule has 2 saturated carbocycles. The zero-order chi connectivity index (χ0) is 14.5. The Morgan fingerprint density at radius 2 is 1.67 bits per heavy atom. The lowest BCUT2D eigenvalue weighted by atomic mass is 9.75. The minimum atomic E-state index is 0.771. The monoisotopic (exact) mass is 292 g/mol. The first-order valence-corrected chi connectivity index (χ1v) is 9.82. The van der Waals surface area contributed by atoms with Gasteiger partial charge in [-0.25, -0.2) is 0 Å². The third-order valence-electron chi connectivity index (χ3n) is 6.46. The number of fused-ring (bicyclic) bond motifs is 1. The molecule has 3 rings (SSSR count). The summed E-state index contributed by atoms with van der Waals surface area (Å²) in [6.45, 7) is 7.61. The first-order chi connectivity index (χ1) is 10.4. The van der Waals surface area contributed by atoms with Gasteiger partial charge in [0.15, 0.2) is 0 Å². The van der Waals surface area contributed by atoms with Crippen LogP contribution in [0.15, 0.2) is 0 Å². The highest BCUT2D eigenvalue weighted by Gasteiger charge is 2.33. The predicted molar refractivity (Wildman–Crippen MR) is 90.5 cm³/mol. The van der Waals surface area contributed by atoms with Crippen molar-refractivity contribution in [2.24, 2.45) is 17.8 Å². The van der Waals surface area contributed by atoms with Gasteiger partial charge in [0.25, 0.3) is 0 Å². The van der Waals surface area contributed by atoms with Crippen LogP contribution in [-0.2, 0) is 0 Å². The van der Waals surface area contributed by atoms with Crippen LogP contribution in [0.4, 0.5) is 0 Å². The van der Waals surface area contributed by atoms with Gasteiger partial charge in [-0.05, 0) is 62.9 Å². The molecule has 3 fully saturated rings. The van der Waals surface area contributed by atoms with Gasteiger partial charge in [0.2, 0.25) is 0 Å². The molecule has 0 radical (unpaired) electrons. The first-order valence-electron chi connectivity index (χ1n) is 9.82. The highest BCUT2D eigenvalue weighted by molar-refractivity contribution is 4.88. The minimum Gasteiger partial charge on any atom is -0.312 e. The molecule has 3 unspecified atom stereocenters. The van der Waals surface area contributed by atoms with Gasteiger partial charge < -0.3 is 10.2 Å². The fourth-order valence-corrected chi connectivity index (χ4v) is 5.19. The van der Waals surface area contributed by atoms with Crippen molar-refractivity contribution in [2.75, 3.05) is 26.2 Å². The average molecular weight is 293 g/mol. The molecular formula is C19H36N2. The maximum Gasteiger partial charge on any atom is 0.0223 e. The van der Waals surface area contributed by atoms with Crippen LogP contribution in [0.5, 0.6) is 0 Å². The fourth-order valence-electron chi connectivity index (χ4n) is 5.19. The van der Waals surface area contributed by atoms with Crippen molar-refractivity contribution in [3.63, 3.8) is 0 Å². The van der Waals surface area contributed by atoms with E-state index >= 15 is 0 Å². The second-order valence-corrected chi connectivity index (χ2v) is 7.96. The largest absolute Gasteiger partial charge is 0.312 e. The summed E-state index contributed by atoms with van der Waals surface area (Å²) in [5.74, 6) is 3.06. The van der Waals surface area contributed by atoms with Crippen molar-refractivity contribution in [1.82, 2.24) is 10.2 Å². The minimum absolute atomic E-state index is 0.771. The zero-order valence-corrected chi connectivity index (χ0v) is 14.2. The molecule has 122 valence electrons. The molecule has 0 aromatic heterocycles. The molecule has 0 aromatic rings. The molecule has 1 heterocycles. The molecule has 2 aliphatic carbocycles. The molecular weight excluding hydrogens is 256 g/mol. The number of piperidine rings is 1. The quantitative estimate of drug-likeness (QED) is 0.794. The molecule has 0 aromatic carbocycles. The van der Waals surface area contributed by atoms with Crippen LogP contribution in [-0.4, -0.2) is 37.1 Å². The van der Waals surface area contributed by atoms with E-state index in [1.165, 1.54) is 90.4 Å². The van der Waals surface area contributed by atoms with E-state index in [0.29, 0.717) is 0 Å². The lowest BCUT2D eigenvalue weighted by molar-refractivity contribution is 0.0738. The van der Waals surface area contributed by atoms with E-state index in [1.54, 1.807) is 0 Å². The van der Waals surface area contributed by atoms with Gasteiger partial charge in [-0.1, -0.05) is 39.0 Å². The van der Waals surface area contributed by atoms with E-state index in [4.69, 9.17) is 0 Å². The fraction of sp³-hybridized carbons (Fsp3) is 1.00. The molecule has 0 bridgehead atoms. The Balaban J connectivity index is 1.52. The van der Waals surface area contributed by atoms with Crippen molar-refractivity contribution in [3.05, 3.63) is 0 Å². The number of likely N-dealkylation sites (tertiary alicyclic amines) is 1. The SMILES string of the molecule is CCCNC(CN1CCC2CCCCC2C1)C1CCCC1. The lowest BCUT2D eigenvalue weighted by Gasteiger charge is -2.43. The third kappa shape index (κ3) is 4.22. The van der Waals surface area contributed by atoms with Crippen LogP contribution in [0.25, 0.3) is 0 Å². The van der Waals surface area contributed by atoms with Crippen molar-refractivity contribution in [3.8, 4) is 0 Å². The van der Waals surface area contributed by atoms with Crippen LogP contribution >= 0.6 is 0 Å². The normalized spacial score (nSPS) is 33.0. The highest BCUT2D eigenvalue weighted by Crippen LogP contribution is 2.36. The Kier molecular flexibility index (Phi) is 5.99. The van der Waals surface area contributed by atoms with Crippen LogP contribution in [0, 0.1) is 17.8 Å². The third-order valence-corrected chi connectivity index (χ3v) is 6.46. The number of hydrogen-bond acceptors (Lipinski definition) is 2.